The Hall–Kier alpha value is -0.820. The highest BCUT2D eigenvalue weighted by Crippen LogP contribution is 2.33. The molecule has 1 aromatic rings. The molecule has 1 aromatic carbocycles. The molecule has 1 fully saturated rings. The van der Waals surface area contributed by atoms with Gasteiger partial charge in [0, 0.05) is 12.1 Å². The van der Waals surface area contributed by atoms with E-state index in [2.05, 4.69) is 70.3 Å². The molecule has 0 saturated heterocycles. The Labute approximate surface area is 125 Å². The van der Waals surface area contributed by atoms with E-state index in [0.29, 0.717) is 12.1 Å². The zero-order valence-electron chi connectivity index (χ0n) is 13.8. The second-order valence-electron chi connectivity index (χ2n) is 7.54. The predicted molar refractivity (Wildman–Crippen MR) is 88.0 cm³/mol. The van der Waals surface area contributed by atoms with Crippen molar-refractivity contribution in [1.82, 2.24) is 5.32 Å². The summed E-state index contributed by atoms with van der Waals surface area (Å²) < 4.78 is 0. The topological polar surface area (TPSA) is 12.0 Å². The number of nitrogens with one attached hydrogen (secondary N) is 1. The van der Waals surface area contributed by atoms with Crippen LogP contribution in [-0.4, -0.2) is 12.1 Å². The van der Waals surface area contributed by atoms with Gasteiger partial charge in [-0.2, -0.15) is 0 Å². The summed E-state index contributed by atoms with van der Waals surface area (Å²) >= 11 is 0. The molecule has 4 unspecified atom stereocenters. The van der Waals surface area contributed by atoms with Crippen LogP contribution in [0.2, 0.25) is 0 Å². The van der Waals surface area contributed by atoms with Gasteiger partial charge in [0.15, 0.2) is 0 Å². The van der Waals surface area contributed by atoms with Crippen molar-refractivity contribution in [3.8, 4) is 0 Å². The molecule has 1 saturated carbocycles. The molecule has 1 aliphatic carbocycles. The third-order valence-electron chi connectivity index (χ3n) is 5.34. The number of hydrogen-bond donors (Lipinski definition) is 1. The van der Waals surface area contributed by atoms with Crippen molar-refractivity contribution in [3.05, 3.63) is 35.9 Å². The van der Waals surface area contributed by atoms with Gasteiger partial charge in [-0.15, -0.1) is 0 Å². The van der Waals surface area contributed by atoms with Gasteiger partial charge in [-0.25, -0.2) is 0 Å². The maximum Gasteiger partial charge on any atom is 0.00978 e. The zero-order chi connectivity index (χ0) is 14.8. The SMILES string of the molecule is CC(CC(C)(C)c1ccccc1)NC1CCC(C)C1C. The smallest absolute Gasteiger partial charge is 0.00978 e. The second-order valence-corrected chi connectivity index (χ2v) is 7.54. The summed E-state index contributed by atoms with van der Waals surface area (Å²) in [5.74, 6) is 1.69. The Morgan fingerprint density at radius 3 is 2.35 bits per heavy atom. The van der Waals surface area contributed by atoms with Gasteiger partial charge >= 0.3 is 0 Å². The van der Waals surface area contributed by atoms with Crippen LogP contribution in [0.4, 0.5) is 0 Å². The summed E-state index contributed by atoms with van der Waals surface area (Å²) in [5, 5.41) is 3.88. The fraction of sp³-hybridized carbons (Fsp3) is 0.684. The third-order valence-corrected chi connectivity index (χ3v) is 5.34. The summed E-state index contributed by atoms with van der Waals surface area (Å²) in [7, 11) is 0. The summed E-state index contributed by atoms with van der Waals surface area (Å²) in [6.45, 7) is 11.9. The van der Waals surface area contributed by atoms with E-state index >= 15 is 0 Å². The molecule has 0 aromatic heterocycles. The maximum atomic E-state index is 3.88. The summed E-state index contributed by atoms with van der Waals surface area (Å²) in [6.07, 6.45) is 3.92. The molecule has 0 bridgehead atoms. The Morgan fingerprint density at radius 2 is 1.80 bits per heavy atom. The van der Waals surface area contributed by atoms with E-state index in [1.807, 2.05) is 0 Å². The Bertz CT molecular complexity index is 409. The fourth-order valence-electron chi connectivity index (χ4n) is 3.80. The molecule has 1 nitrogen and oxygen atoms in total. The van der Waals surface area contributed by atoms with Crippen LogP contribution in [0.15, 0.2) is 30.3 Å². The van der Waals surface area contributed by atoms with Gasteiger partial charge in [-0.05, 0) is 49.0 Å². The highest BCUT2D eigenvalue weighted by atomic mass is 15.0. The first-order chi connectivity index (χ1) is 9.40. The molecule has 0 heterocycles. The molecular weight excluding hydrogens is 242 g/mol. The summed E-state index contributed by atoms with van der Waals surface area (Å²) in [6, 6.07) is 12.2. The minimum Gasteiger partial charge on any atom is -0.311 e. The largest absolute Gasteiger partial charge is 0.311 e. The molecular formula is C19H31N. The van der Waals surface area contributed by atoms with Gasteiger partial charge in [0.25, 0.3) is 0 Å². The van der Waals surface area contributed by atoms with Crippen molar-refractivity contribution in [2.45, 2.75) is 71.4 Å². The first-order valence-corrected chi connectivity index (χ1v) is 8.22. The Morgan fingerprint density at radius 1 is 1.15 bits per heavy atom. The van der Waals surface area contributed by atoms with E-state index in [1.165, 1.54) is 24.8 Å². The number of hydrogen-bond acceptors (Lipinski definition) is 1. The molecule has 2 rings (SSSR count). The molecule has 20 heavy (non-hydrogen) atoms. The Kier molecular flexibility index (Phi) is 4.90. The lowest BCUT2D eigenvalue weighted by molar-refractivity contribution is 0.308. The summed E-state index contributed by atoms with van der Waals surface area (Å²) in [4.78, 5) is 0. The fourth-order valence-corrected chi connectivity index (χ4v) is 3.80. The van der Waals surface area contributed by atoms with Gasteiger partial charge in [0.2, 0.25) is 0 Å². The van der Waals surface area contributed by atoms with Crippen molar-refractivity contribution >= 4 is 0 Å². The molecule has 0 aliphatic heterocycles. The maximum absolute atomic E-state index is 3.88. The minimum atomic E-state index is 0.237. The van der Waals surface area contributed by atoms with Crippen molar-refractivity contribution in [1.29, 1.82) is 0 Å². The molecule has 1 heteroatoms. The molecule has 112 valence electrons. The lowest BCUT2D eigenvalue weighted by Crippen LogP contribution is -2.41. The highest BCUT2D eigenvalue weighted by Gasteiger charge is 2.31. The third kappa shape index (κ3) is 3.63. The average Bonchev–Trinajstić information content (AvgIpc) is 2.71. The first kappa shape index (κ1) is 15.6. The average molecular weight is 273 g/mol. The predicted octanol–water partition coefficient (Wildman–Crippen LogP) is 4.77. The normalized spacial score (nSPS) is 28.6. The van der Waals surface area contributed by atoms with Gasteiger partial charge in [0.05, 0.1) is 0 Å². The molecule has 1 N–H and O–H groups in total. The molecule has 1 aliphatic rings. The van der Waals surface area contributed by atoms with Crippen molar-refractivity contribution in [2.24, 2.45) is 11.8 Å². The highest BCUT2D eigenvalue weighted by molar-refractivity contribution is 5.23. The van der Waals surface area contributed by atoms with Crippen LogP contribution in [-0.2, 0) is 5.41 Å². The number of rotatable bonds is 5. The van der Waals surface area contributed by atoms with Crippen LogP contribution in [0.5, 0.6) is 0 Å². The van der Waals surface area contributed by atoms with Crippen LogP contribution in [0.3, 0.4) is 0 Å². The van der Waals surface area contributed by atoms with E-state index in [0.717, 1.165) is 11.8 Å². The first-order valence-electron chi connectivity index (χ1n) is 8.22. The molecule has 0 amide bonds. The van der Waals surface area contributed by atoms with Crippen LogP contribution in [0.25, 0.3) is 0 Å². The van der Waals surface area contributed by atoms with Crippen LogP contribution in [0.1, 0.15) is 59.4 Å². The van der Waals surface area contributed by atoms with Crippen LogP contribution < -0.4 is 5.32 Å². The van der Waals surface area contributed by atoms with E-state index in [4.69, 9.17) is 0 Å². The Balaban J connectivity index is 1.92. The lowest BCUT2D eigenvalue weighted by Gasteiger charge is -2.32. The quantitative estimate of drug-likeness (QED) is 0.815. The summed E-state index contributed by atoms with van der Waals surface area (Å²) in [5.41, 5.74) is 1.68. The second kappa shape index (κ2) is 6.30. The van der Waals surface area contributed by atoms with E-state index in [1.54, 1.807) is 0 Å². The minimum absolute atomic E-state index is 0.237. The van der Waals surface area contributed by atoms with Crippen molar-refractivity contribution in [3.63, 3.8) is 0 Å². The van der Waals surface area contributed by atoms with E-state index in [-0.39, 0.29) is 5.41 Å². The number of benzene rings is 1. The molecule has 4 atom stereocenters. The lowest BCUT2D eigenvalue weighted by atomic mass is 9.79. The molecule has 0 radical (unpaired) electrons. The van der Waals surface area contributed by atoms with Crippen LogP contribution in [0, 0.1) is 11.8 Å². The van der Waals surface area contributed by atoms with Crippen LogP contribution >= 0.6 is 0 Å². The zero-order valence-corrected chi connectivity index (χ0v) is 13.8. The standard InChI is InChI=1S/C19H31N/c1-14-11-12-18(16(14)3)20-15(2)13-19(4,5)17-9-7-6-8-10-17/h6-10,14-16,18,20H,11-13H2,1-5H3. The van der Waals surface area contributed by atoms with Gasteiger partial charge in [-0.1, -0.05) is 58.0 Å². The van der Waals surface area contributed by atoms with E-state index < -0.39 is 0 Å². The van der Waals surface area contributed by atoms with Gasteiger partial charge in [0.1, 0.15) is 0 Å². The van der Waals surface area contributed by atoms with Crippen molar-refractivity contribution in [2.75, 3.05) is 0 Å². The van der Waals surface area contributed by atoms with Gasteiger partial charge < -0.3 is 5.32 Å². The van der Waals surface area contributed by atoms with Gasteiger partial charge in [-0.3, -0.25) is 0 Å². The monoisotopic (exact) mass is 273 g/mol. The molecule has 0 spiro atoms. The van der Waals surface area contributed by atoms with Crippen molar-refractivity contribution < 1.29 is 0 Å². The van der Waals surface area contributed by atoms with E-state index in [9.17, 15) is 0 Å².